The first kappa shape index (κ1) is 18.9. The summed E-state index contributed by atoms with van der Waals surface area (Å²) in [5, 5.41) is 17.9. The molecule has 4 nitrogen and oxygen atoms in total. The molecule has 0 aromatic carbocycles. The van der Waals surface area contributed by atoms with Gasteiger partial charge in [0.05, 0.1) is 0 Å². The summed E-state index contributed by atoms with van der Waals surface area (Å²) in [6, 6.07) is 0. The van der Waals surface area contributed by atoms with E-state index in [0.717, 1.165) is 38.0 Å². The molecule has 1 unspecified atom stereocenters. The molecule has 2 N–H and O–H groups in total. The zero-order valence-corrected chi connectivity index (χ0v) is 13.1. The molecule has 1 atom stereocenters. The number of aliphatic carboxylic acids is 2. The Morgan fingerprint density at radius 1 is 0.900 bits per heavy atom. The van der Waals surface area contributed by atoms with Crippen LogP contribution in [-0.4, -0.2) is 22.2 Å². The van der Waals surface area contributed by atoms with Crippen LogP contribution >= 0.6 is 0 Å². The first-order chi connectivity index (χ1) is 9.38. The van der Waals surface area contributed by atoms with Crippen LogP contribution in [0.3, 0.4) is 0 Å². The van der Waals surface area contributed by atoms with Gasteiger partial charge in [0.2, 0.25) is 0 Å². The SMILES string of the molecule is CCCC(CCCCCC(C)C)CC(C(=O)O)C(=O)O. The van der Waals surface area contributed by atoms with Crippen LogP contribution < -0.4 is 0 Å². The highest BCUT2D eigenvalue weighted by Crippen LogP contribution is 2.24. The van der Waals surface area contributed by atoms with Crippen LogP contribution in [0.2, 0.25) is 0 Å². The second-order valence-electron chi connectivity index (χ2n) is 6.15. The summed E-state index contributed by atoms with van der Waals surface area (Å²) in [5.41, 5.74) is 0. The molecule has 0 saturated heterocycles. The van der Waals surface area contributed by atoms with Crippen LogP contribution in [0, 0.1) is 17.8 Å². The molecule has 0 rings (SSSR count). The van der Waals surface area contributed by atoms with Crippen LogP contribution in [0.5, 0.6) is 0 Å². The normalized spacial score (nSPS) is 12.8. The fourth-order valence-corrected chi connectivity index (χ4v) is 2.59. The molecular weight excluding hydrogens is 256 g/mol. The van der Waals surface area contributed by atoms with Gasteiger partial charge in [0.15, 0.2) is 5.92 Å². The minimum absolute atomic E-state index is 0.219. The Hall–Kier alpha value is -1.06. The lowest BCUT2D eigenvalue weighted by Gasteiger charge is -2.18. The lowest BCUT2D eigenvalue weighted by Crippen LogP contribution is -2.26. The number of carbonyl (C=O) groups is 2. The van der Waals surface area contributed by atoms with Gasteiger partial charge in [-0.25, -0.2) is 0 Å². The monoisotopic (exact) mass is 286 g/mol. The zero-order chi connectivity index (χ0) is 15.5. The lowest BCUT2D eigenvalue weighted by molar-refractivity contribution is -0.155. The van der Waals surface area contributed by atoms with Crippen molar-refractivity contribution in [3.05, 3.63) is 0 Å². The summed E-state index contributed by atoms with van der Waals surface area (Å²) in [6.07, 6.45) is 7.77. The van der Waals surface area contributed by atoms with E-state index >= 15 is 0 Å². The number of unbranched alkanes of at least 4 members (excludes halogenated alkanes) is 2. The summed E-state index contributed by atoms with van der Waals surface area (Å²) < 4.78 is 0. The summed E-state index contributed by atoms with van der Waals surface area (Å²) in [6.45, 7) is 6.48. The quantitative estimate of drug-likeness (QED) is 0.417. The van der Waals surface area contributed by atoms with Gasteiger partial charge in [-0.15, -0.1) is 0 Å². The van der Waals surface area contributed by atoms with Gasteiger partial charge in [-0.2, -0.15) is 0 Å². The molecule has 4 heteroatoms. The molecule has 0 aliphatic heterocycles. The van der Waals surface area contributed by atoms with Crippen molar-refractivity contribution in [1.82, 2.24) is 0 Å². The average molecular weight is 286 g/mol. The number of carboxylic acid groups (broad SMARTS) is 2. The van der Waals surface area contributed by atoms with E-state index in [1.807, 2.05) is 0 Å². The summed E-state index contributed by atoms with van der Waals surface area (Å²) in [7, 11) is 0. The van der Waals surface area contributed by atoms with Crippen molar-refractivity contribution >= 4 is 11.9 Å². The molecule has 20 heavy (non-hydrogen) atoms. The Balaban J connectivity index is 4.14. The summed E-state index contributed by atoms with van der Waals surface area (Å²) in [4.78, 5) is 21.9. The Kier molecular flexibility index (Phi) is 10.1. The minimum Gasteiger partial charge on any atom is -0.481 e. The van der Waals surface area contributed by atoms with Gasteiger partial charge in [-0.1, -0.05) is 65.7 Å². The predicted octanol–water partition coefficient (Wildman–Crippen LogP) is 4.18. The van der Waals surface area contributed by atoms with Crippen molar-refractivity contribution in [1.29, 1.82) is 0 Å². The standard InChI is InChI=1S/C16H30O4/c1-4-8-13(10-7-5-6-9-12(2)3)11-14(15(17)18)16(19)20/h12-14H,4-11H2,1-3H3,(H,17,18)(H,19,20). The van der Waals surface area contributed by atoms with Crippen LogP contribution in [0.15, 0.2) is 0 Å². The van der Waals surface area contributed by atoms with Crippen molar-refractivity contribution in [3.8, 4) is 0 Å². The largest absolute Gasteiger partial charge is 0.481 e. The first-order valence-electron chi connectivity index (χ1n) is 7.84. The molecule has 0 radical (unpaired) electrons. The maximum atomic E-state index is 11.0. The molecule has 0 bridgehead atoms. The topological polar surface area (TPSA) is 74.6 Å². The van der Waals surface area contributed by atoms with Crippen molar-refractivity contribution in [3.63, 3.8) is 0 Å². The zero-order valence-electron chi connectivity index (χ0n) is 13.1. The van der Waals surface area contributed by atoms with Crippen LogP contribution in [-0.2, 0) is 9.59 Å². The van der Waals surface area contributed by atoms with Crippen LogP contribution in [0.4, 0.5) is 0 Å². The van der Waals surface area contributed by atoms with Crippen molar-refractivity contribution < 1.29 is 19.8 Å². The Morgan fingerprint density at radius 2 is 1.45 bits per heavy atom. The van der Waals surface area contributed by atoms with E-state index in [0.29, 0.717) is 0 Å². The molecule has 0 amide bonds. The number of hydrogen-bond acceptors (Lipinski definition) is 2. The number of carboxylic acids is 2. The minimum atomic E-state index is -1.25. The third-order valence-electron chi connectivity index (χ3n) is 3.76. The van der Waals surface area contributed by atoms with Crippen LogP contribution in [0.25, 0.3) is 0 Å². The fraction of sp³-hybridized carbons (Fsp3) is 0.875. The van der Waals surface area contributed by atoms with Crippen molar-refractivity contribution in [2.24, 2.45) is 17.8 Å². The first-order valence-corrected chi connectivity index (χ1v) is 7.84. The molecule has 0 aromatic heterocycles. The highest BCUT2D eigenvalue weighted by Gasteiger charge is 2.28. The highest BCUT2D eigenvalue weighted by atomic mass is 16.4. The van der Waals surface area contributed by atoms with Crippen LogP contribution in [0.1, 0.15) is 72.1 Å². The molecule has 0 aliphatic carbocycles. The van der Waals surface area contributed by atoms with Crippen molar-refractivity contribution in [2.45, 2.75) is 72.1 Å². The van der Waals surface area contributed by atoms with E-state index in [2.05, 4.69) is 20.8 Å². The van der Waals surface area contributed by atoms with Gasteiger partial charge in [0, 0.05) is 0 Å². The molecule has 0 aliphatic rings. The third-order valence-corrected chi connectivity index (χ3v) is 3.76. The molecule has 0 aromatic rings. The van der Waals surface area contributed by atoms with E-state index in [1.165, 1.54) is 12.8 Å². The van der Waals surface area contributed by atoms with Gasteiger partial charge < -0.3 is 10.2 Å². The van der Waals surface area contributed by atoms with E-state index in [1.54, 1.807) is 0 Å². The fourth-order valence-electron chi connectivity index (χ4n) is 2.59. The van der Waals surface area contributed by atoms with Gasteiger partial charge in [0.25, 0.3) is 0 Å². The number of rotatable bonds is 12. The maximum Gasteiger partial charge on any atom is 0.317 e. The second kappa shape index (κ2) is 10.7. The number of hydrogen-bond donors (Lipinski definition) is 2. The maximum absolute atomic E-state index is 11.0. The average Bonchev–Trinajstić information content (AvgIpc) is 2.33. The molecule has 0 fully saturated rings. The highest BCUT2D eigenvalue weighted by molar-refractivity contribution is 5.92. The molecule has 0 saturated carbocycles. The van der Waals surface area contributed by atoms with Gasteiger partial charge in [0.1, 0.15) is 0 Å². The Labute approximate surface area is 122 Å². The molecule has 0 heterocycles. The summed E-state index contributed by atoms with van der Waals surface area (Å²) >= 11 is 0. The van der Waals surface area contributed by atoms with Gasteiger partial charge in [-0.05, 0) is 18.3 Å². The van der Waals surface area contributed by atoms with E-state index in [-0.39, 0.29) is 12.3 Å². The third kappa shape index (κ3) is 8.94. The smallest absolute Gasteiger partial charge is 0.317 e. The second-order valence-corrected chi connectivity index (χ2v) is 6.15. The van der Waals surface area contributed by atoms with E-state index in [9.17, 15) is 9.59 Å². The van der Waals surface area contributed by atoms with E-state index in [4.69, 9.17) is 10.2 Å². The molecule has 0 spiro atoms. The molecular formula is C16H30O4. The van der Waals surface area contributed by atoms with Crippen molar-refractivity contribution in [2.75, 3.05) is 0 Å². The van der Waals surface area contributed by atoms with Gasteiger partial charge in [-0.3, -0.25) is 9.59 Å². The Bertz CT molecular complexity index is 272. The Morgan fingerprint density at radius 3 is 1.90 bits per heavy atom. The van der Waals surface area contributed by atoms with Gasteiger partial charge >= 0.3 is 11.9 Å². The van der Waals surface area contributed by atoms with E-state index < -0.39 is 17.9 Å². The summed E-state index contributed by atoms with van der Waals surface area (Å²) in [5.74, 6) is -2.72. The predicted molar refractivity (Wildman–Crippen MR) is 79.7 cm³/mol. The molecule has 118 valence electrons. The lowest BCUT2D eigenvalue weighted by atomic mass is 9.87.